The van der Waals surface area contributed by atoms with Crippen LogP contribution in [-0.4, -0.2) is 54.3 Å². The topological polar surface area (TPSA) is 155 Å². The second-order valence-electron chi connectivity index (χ2n) is 12.0. The molecular weight excluding hydrogens is 606 g/mol. The minimum Gasteiger partial charge on any atom is -0.495 e. The molecule has 3 aromatic rings. The normalized spacial score (nSPS) is 19.8. The molecule has 6 rings (SSSR count). The van der Waals surface area contributed by atoms with Gasteiger partial charge in [0.05, 0.1) is 23.9 Å². The zero-order valence-electron chi connectivity index (χ0n) is 24.8. The Morgan fingerprint density at radius 2 is 2.02 bits per heavy atom. The summed E-state index contributed by atoms with van der Waals surface area (Å²) in [5.41, 5.74) is 13.1. The molecular formula is C32H33ClF2N6O4. The lowest BCUT2D eigenvalue weighted by atomic mass is 9.82. The van der Waals surface area contributed by atoms with E-state index in [2.05, 4.69) is 15.3 Å². The summed E-state index contributed by atoms with van der Waals surface area (Å²) in [7, 11) is 1.48. The van der Waals surface area contributed by atoms with Gasteiger partial charge in [0, 0.05) is 52.8 Å². The third-order valence-electron chi connectivity index (χ3n) is 8.70. The fraction of sp³-hybridized carbons (Fsp3) is 0.406. The van der Waals surface area contributed by atoms with Gasteiger partial charge < -0.3 is 26.3 Å². The van der Waals surface area contributed by atoms with Crippen molar-refractivity contribution in [3.05, 3.63) is 63.6 Å². The van der Waals surface area contributed by atoms with Gasteiger partial charge in [-0.2, -0.15) is 0 Å². The number of halogens is 3. The number of ether oxygens (including phenoxy) is 2. The molecule has 10 nitrogen and oxygen atoms in total. The fourth-order valence-electron chi connectivity index (χ4n) is 5.55. The standard InChI is InChI=1S/C32H33ClF2N6O4/c1-32(31(37)43)14-45-28-21(32)11-22(41-26(28)19-7-8-38-27(24(19)33)29(34)35)20(15-3-4-15)13-40-30(42)16-9-17(12-39-18-5-6-18)25(36)23(10-16)44-2/h7-12,15,18,20,29H,3-6,13-14,36H2,1-2H3,(H2,37,43)(H,40,42)/t20-,32-/m0/s1. The Labute approximate surface area is 263 Å². The molecule has 1 aliphatic heterocycles. The first-order valence-corrected chi connectivity index (χ1v) is 15.1. The highest BCUT2D eigenvalue weighted by molar-refractivity contribution is 6.34. The summed E-state index contributed by atoms with van der Waals surface area (Å²) in [5, 5.41) is 2.76. The molecule has 0 unspecified atom stereocenters. The lowest BCUT2D eigenvalue weighted by Gasteiger charge is -2.22. The van der Waals surface area contributed by atoms with Crippen LogP contribution in [0.4, 0.5) is 14.5 Å². The van der Waals surface area contributed by atoms with E-state index in [4.69, 9.17) is 37.5 Å². The number of hydrogen-bond acceptors (Lipinski definition) is 8. The number of aliphatic imine (C=N–C) groups is 1. The number of anilines is 1. The van der Waals surface area contributed by atoms with Gasteiger partial charge in [-0.15, -0.1) is 0 Å². The number of nitrogens with zero attached hydrogens (tertiary/aromatic N) is 3. The Bertz CT molecular complexity index is 1710. The second kappa shape index (κ2) is 11.9. The summed E-state index contributed by atoms with van der Waals surface area (Å²) in [6.45, 7) is 1.84. The van der Waals surface area contributed by atoms with Crippen molar-refractivity contribution in [2.24, 2.45) is 16.6 Å². The van der Waals surface area contributed by atoms with E-state index in [-0.39, 0.29) is 59.0 Å². The average molecular weight is 639 g/mol. The average Bonchev–Trinajstić information content (AvgIpc) is 3.96. The Morgan fingerprint density at radius 3 is 2.67 bits per heavy atom. The van der Waals surface area contributed by atoms with Crippen LogP contribution in [0.3, 0.4) is 0 Å². The van der Waals surface area contributed by atoms with Gasteiger partial charge in [-0.25, -0.2) is 13.8 Å². The summed E-state index contributed by atoms with van der Waals surface area (Å²) in [5.74, 6) is -0.401. The number of hydrogen-bond donors (Lipinski definition) is 3. The van der Waals surface area contributed by atoms with Gasteiger partial charge in [0.1, 0.15) is 34.9 Å². The quantitative estimate of drug-likeness (QED) is 0.198. The van der Waals surface area contributed by atoms with Crippen molar-refractivity contribution >= 4 is 35.3 Å². The number of rotatable bonds is 11. The van der Waals surface area contributed by atoms with Crippen molar-refractivity contribution in [3.63, 3.8) is 0 Å². The van der Waals surface area contributed by atoms with E-state index in [9.17, 15) is 18.4 Å². The number of nitrogen functional groups attached to an aromatic ring is 1. The van der Waals surface area contributed by atoms with E-state index in [0.29, 0.717) is 33.8 Å². The molecule has 236 valence electrons. The van der Waals surface area contributed by atoms with E-state index in [0.717, 1.165) is 25.7 Å². The maximum atomic E-state index is 13.7. The number of amides is 2. The maximum absolute atomic E-state index is 13.7. The van der Waals surface area contributed by atoms with Crippen LogP contribution in [0.2, 0.25) is 5.02 Å². The molecule has 2 atom stereocenters. The third kappa shape index (κ3) is 5.90. The van der Waals surface area contributed by atoms with Crippen LogP contribution in [-0.2, 0) is 10.2 Å². The molecule has 1 aromatic carbocycles. The number of nitrogens with two attached hydrogens (primary N) is 2. The molecule has 2 fully saturated rings. The summed E-state index contributed by atoms with van der Waals surface area (Å²) in [6.07, 6.45) is 3.86. The van der Waals surface area contributed by atoms with Crippen LogP contribution in [0.25, 0.3) is 11.3 Å². The van der Waals surface area contributed by atoms with E-state index >= 15 is 0 Å². The van der Waals surface area contributed by atoms with Crippen LogP contribution in [0.15, 0.2) is 35.5 Å². The number of alkyl halides is 2. The smallest absolute Gasteiger partial charge is 0.281 e. The number of aromatic nitrogens is 2. The van der Waals surface area contributed by atoms with Crippen molar-refractivity contribution in [2.75, 3.05) is 26.0 Å². The molecule has 2 aromatic heterocycles. The molecule has 3 aliphatic rings. The molecule has 2 aliphatic carbocycles. The molecule has 13 heteroatoms. The number of carbonyl (C=O) groups excluding carboxylic acids is 2. The van der Waals surface area contributed by atoms with Crippen LogP contribution >= 0.6 is 11.6 Å². The molecule has 45 heavy (non-hydrogen) atoms. The molecule has 0 bridgehead atoms. The number of nitrogens with one attached hydrogen (secondary N) is 1. The van der Waals surface area contributed by atoms with Gasteiger partial charge in [0.25, 0.3) is 12.3 Å². The minimum atomic E-state index is -2.91. The largest absolute Gasteiger partial charge is 0.495 e. The third-order valence-corrected chi connectivity index (χ3v) is 9.09. The maximum Gasteiger partial charge on any atom is 0.281 e. The van der Waals surface area contributed by atoms with Gasteiger partial charge in [-0.3, -0.25) is 19.6 Å². The number of methoxy groups -OCH3 is 1. The first kappa shape index (κ1) is 30.7. The first-order chi connectivity index (χ1) is 21.5. The summed E-state index contributed by atoms with van der Waals surface area (Å²) >= 11 is 6.43. The lowest BCUT2D eigenvalue weighted by Crippen LogP contribution is -2.40. The summed E-state index contributed by atoms with van der Waals surface area (Å²) in [4.78, 5) is 39.2. The Kier molecular flexibility index (Phi) is 8.11. The van der Waals surface area contributed by atoms with Gasteiger partial charge in [-0.1, -0.05) is 11.6 Å². The van der Waals surface area contributed by atoms with E-state index in [1.165, 1.54) is 19.4 Å². The Hall–Kier alpha value is -4.32. The van der Waals surface area contributed by atoms with Crippen LogP contribution in [0.5, 0.6) is 11.5 Å². The Morgan fingerprint density at radius 1 is 1.27 bits per heavy atom. The van der Waals surface area contributed by atoms with Crippen molar-refractivity contribution in [1.29, 1.82) is 0 Å². The number of primary amides is 1. The molecule has 2 amide bonds. The highest BCUT2D eigenvalue weighted by Gasteiger charge is 2.45. The zero-order chi connectivity index (χ0) is 32.0. The molecule has 0 spiro atoms. The van der Waals surface area contributed by atoms with E-state index < -0.39 is 23.4 Å². The number of fused-ring (bicyclic) bond motifs is 1. The van der Waals surface area contributed by atoms with E-state index in [1.54, 1.807) is 31.3 Å². The monoisotopic (exact) mass is 638 g/mol. The number of benzene rings is 1. The SMILES string of the molecule is COc1cc(C(=O)NC[C@H](c2cc3c(c(-c4ccnc(C(F)F)c4Cl)n2)OC[C@]3(C)C(N)=O)C2CC2)cc(C=NC2CC2)c1N. The lowest BCUT2D eigenvalue weighted by molar-refractivity contribution is -0.123. The highest BCUT2D eigenvalue weighted by atomic mass is 35.5. The molecule has 0 saturated heterocycles. The van der Waals surface area contributed by atoms with Gasteiger partial charge >= 0.3 is 0 Å². The molecule has 2 saturated carbocycles. The molecule has 5 N–H and O–H groups in total. The fourth-order valence-corrected chi connectivity index (χ4v) is 5.84. The van der Waals surface area contributed by atoms with Crippen molar-refractivity contribution in [3.8, 4) is 22.8 Å². The predicted molar refractivity (Wildman–Crippen MR) is 165 cm³/mol. The van der Waals surface area contributed by atoms with Crippen molar-refractivity contribution < 1.29 is 27.8 Å². The van der Waals surface area contributed by atoms with E-state index in [1.807, 2.05) is 0 Å². The predicted octanol–water partition coefficient (Wildman–Crippen LogP) is 4.97. The van der Waals surface area contributed by atoms with Crippen LogP contribution < -0.4 is 26.3 Å². The zero-order valence-corrected chi connectivity index (χ0v) is 25.5. The summed E-state index contributed by atoms with van der Waals surface area (Å²) in [6, 6.07) is 6.80. The van der Waals surface area contributed by atoms with Crippen molar-refractivity contribution in [2.45, 2.75) is 56.4 Å². The van der Waals surface area contributed by atoms with Crippen molar-refractivity contribution in [1.82, 2.24) is 15.3 Å². The molecule has 0 radical (unpaired) electrons. The van der Waals surface area contributed by atoms with Gasteiger partial charge in [-0.05, 0) is 62.8 Å². The molecule has 3 heterocycles. The van der Waals surface area contributed by atoms with Gasteiger partial charge in [0.15, 0.2) is 0 Å². The van der Waals surface area contributed by atoms with Gasteiger partial charge in [0.2, 0.25) is 5.91 Å². The Balaban J connectivity index is 1.36. The van der Waals surface area contributed by atoms with Crippen LogP contribution in [0.1, 0.15) is 77.8 Å². The number of pyridine rings is 2. The number of carbonyl (C=O) groups is 2. The first-order valence-electron chi connectivity index (χ1n) is 14.7. The minimum absolute atomic E-state index is 0.0452. The second-order valence-corrected chi connectivity index (χ2v) is 12.3. The van der Waals surface area contributed by atoms with Crippen LogP contribution in [0, 0.1) is 5.92 Å². The highest BCUT2D eigenvalue weighted by Crippen LogP contribution is 2.49. The summed E-state index contributed by atoms with van der Waals surface area (Å²) < 4.78 is 38.8.